The van der Waals surface area contributed by atoms with Gasteiger partial charge in [0.1, 0.15) is 6.79 Å². The zero-order chi connectivity index (χ0) is 20.5. The van der Waals surface area contributed by atoms with E-state index in [9.17, 15) is 10.0 Å². The van der Waals surface area contributed by atoms with Gasteiger partial charge < -0.3 is 19.5 Å². The van der Waals surface area contributed by atoms with Crippen LogP contribution >= 0.6 is 0 Å². The van der Waals surface area contributed by atoms with E-state index in [4.69, 9.17) is 9.47 Å². The molecular formula is C23H31BO4. The molecule has 0 bridgehead atoms. The van der Waals surface area contributed by atoms with E-state index in [-0.39, 0.29) is 17.6 Å². The summed E-state index contributed by atoms with van der Waals surface area (Å²) in [6.07, 6.45) is 2.33. The van der Waals surface area contributed by atoms with E-state index in [1.807, 2.05) is 12.1 Å². The van der Waals surface area contributed by atoms with Gasteiger partial charge in [0.25, 0.3) is 0 Å². The second-order valence-corrected chi connectivity index (χ2v) is 9.12. The maximum absolute atomic E-state index is 9.72. The lowest BCUT2D eigenvalue weighted by atomic mass is 9.63. The lowest BCUT2D eigenvalue weighted by Crippen LogP contribution is -2.33. The average molecular weight is 382 g/mol. The highest BCUT2D eigenvalue weighted by Gasteiger charge is 2.37. The molecule has 0 atom stereocenters. The first-order valence-electron chi connectivity index (χ1n) is 9.86. The topological polar surface area (TPSA) is 58.9 Å². The van der Waals surface area contributed by atoms with Gasteiger partial charge in [0.15, 0.2) is 0 Å². The van der Waals surface area contributed by atoms with Crippen molar-refractivity contribution in [3.05, 3.63) is 53.1 Å². The molecule has 0 amide bonds. The van der Waals surface area contributed by atoms with Crippen LogP contribution in [0.5, 0.6) is 0 Å². The van der Waals surface area contributed by atoms with Gasteiger partial charge in [-0.2, -0.15) is 0 Å². The summed E-state index contributed by atoms with van der Waals surface area (Å²) in [6, 6.07) is 12.3. The first kappa shape index (κ1) is 21.1. The molecule has 0 fully saturated rings. The van der Waals surface area contributed by atoms with Gasteiger partial charge in [-0.1, -0.05) is 58.0 Å². The summed E-state index contributed by atoms with van der Waals surface area (Å²) in [5, 5.41) is 19.4. The van der Waals surface area contributed by atoms with E-state index in [0.717, 1.165) is 23.1 Å². The Bertz CT molecular complexity index is 842. The van der Waals surface area contributed by atoms with Crippen LogP contribution in [0.2, 0.25) is 0 Å². The molecule has 3 rings (SSSR count). The summed E-state index contributed by atoms with van der Waals surface area (Å²) < 4.78 is 10.4. The minimum atomic E-state index is -1.52. The zero-order valence-corrected chi connectivity index (χ0v) is 17.6. The molecule has 0 aliphatic heterocycles. The second kappa shape index (κ2) is 8.00. The number of hydrogen-bond donors (Lipinski definition) is 2. The molecule has 2 aromatic carbocycles. The van der Waals surface area contributed by atoms with Crippen molar-refractivity contribution in [3.8, 4) is 11.1 Å². The van der Waals surface area contributed by atoms with Gasteiger partial charge in [0, 0.05) is 7.11 Å². The molecule has 0 saturated carbocycles. The molecule has 2 aromatic rings. The molecule has 5 heteroatoms. The van der Waals surface area contributed by atoms with Gasteiger partial charge in [0.05, 0.1) is 6.61 Å². The average Bonchev–Trinajstić information content (AvgIpc) is 2.65. The predicted octanol–water partition coefficient (Wildman–Crippen LogP) is 3.50. The van der Waals surface area contributed by atoms with Crippen molar-refractivity contribution in [2.45, 2.75) is 58.0 Å². The van der Waals surface area contributed by atoms with Crippen LogP contribution < -0.4 is 5.46 Å². The van der Waals surface area contributed by atoms with Crippen molar-refractivity contribution < 1.29 is 19.5 Å². The van der Waals surface area contributed by atoms with Crippen LogP contribution in [0, 0.1) is 0 Å². The Morgan fingerprint density at radius 2 is 1.57 bits per heavy atom. The van der Waals surface area contributed by atoms with Crippen molar-refractivity contribution >= 4 is 12.6 Å². The highest BCUT2D eigenvalue weighted by atomic mass is 16.7. The molecule has 1 aliphatic rings. The summed E-state index contributed by atoms with van der Waals surface area (Å²) in [5.74, 6) is 0. The molecule has 0 heterocycles. The number of fused-ring (bicyclic) bond motifs is 1. The summed E-state index contributed by atoms with van der Waals surface area (Å²) in [7, 11) is 0.0597. The third-order valence-electron chi connectivity index (χ3n) is 5.97. The van der Waals surface area contributed by atoms with Crippen LogP contribution in [0.1, 0.15) is 57.2 Å². The molecular weight excluding hydrogens is 351 g/mol. The maximum atomic E-state index is 9.72. The van der Waals surface area contributed by atoms with E-state index in [2.05, 4.69) is 45.9 Å². The third-order valence-corrected chi connectivity index (χ3v) is 5.97. The Kier molecular flexibility index (Phi) is 6.01. The lowest BCUT2D eigenvalue weighted by Gasteiger charge is -2.42. The summed E-state index contributed by atoms with van der Waals surface area (Å²) in [6.45, 7) is 9.79. The van der Waals surface area contributed by atoms with E-state index < -0.39 is 7.12 Å². The highest BCUT2D eigenvalue weighted by molar-refractivity contribution is 6.58. The normalized spacial score (nSPS) is 17.2. The summed E-state index contributed by atoms with van der Waals surface area (Å²) in [4.78, 5) is 0. The van der Waals surface area contributed by atoms with E-state index in [0.29, 0.717) is 12.1 Å². The van der Waals surface area contributed by atoms with Gasteiger partial charge in [-0.05, 0) is 63.0 Å². The van der Waals surface area contributed by atoms with Crippen LogP contribution in [-0.4, -0.2) is 31.1 Å². The van der Waals surface area contributed by atoms with E-state index >= 15 is 0 Å². The number of benzene rings is 2. The standard InChI is InChI=1S/C23H31BO4/c1-22(2)8-9-23(3,4)21-13-17(6-7-20(21)22)18-10-16(14-28-15-27-5)11-19(12-18)24(25)26/h6-7,10-13,25-26H,8-9,14-15H2,1-5H3. The second-order valence-electron chi connectivity index (χ2n) is 9.12. The van der Waals surface area contributed by atoms with Gasteiger partial charge in [-0.3, -0.25) is 0 Å². The van der Waals surface area contributed by atoms with E-state index in [1.54, 1.807) is 13.2 Å². The van der Waals surface area contributed by atoms with Crippen LogP contribution in [0.15, 0.2) is 36.4 Å². The molecule has 28 heavy (non-hydrogen) atoms. The minimum absolute atomic E-state index is 0.124. The molecule has 4 nitrogen and oxygen atoms in total. The van der Waals surface area contributed by atoms with Gasteiger partial charge >= 0.3 is 7.12 Å². The Morgan fingerprint density at radius 1 is 0.893 bits per heavy atom. The summed E-state index contributed by atoms with van der Waals surface area (Å²) >= 11 is 0. The van der Waals surface area contributed by atoms with Crippen LogP contribution in [0.3, 0.4) is 0 Å². The van der Waals surface area contributed by atoms with E-state index in [1.165, 1.54) is 17.5 Å². The summed E-state index contributed by atoms with van der Waals surface area (Å²) in [5.41, 5.74) is 6.48. The van der Waals surface area contributed by atoms with Crippen molar-refractivity contribution in [1.29, 1.82) is 0 Å². The lowest BCUT2D eigenvalue weighted by molar-refractivity contribution is -0.0390. The first-order chi connectivity index (χ1) is 13.1. The number of hydrogen-bond acceptors (Lipinski definition) is 4. The van der Waals surface area contributed by atoms with Crippen molar-refractivity contribution in [2.24, 2.45) is 0 Å². The Morgan fingerprint density at radius 3 is 2.21 bits per heavy atom. The van der Waals surface area contributed by atoms with Crippen molar-refractivity contribution in [2.75, 3.05) is 13.9 Å². The largest absolute Gasteiger partial charge is 0.488 e. The fourth-order valence-electron chi connectivity index (χ4n) is 4.13. The fourth-order valence-corrected chi connectivity index (χ4v) is 4.13. The number of methoxy groups -OCH3 is 1. The van der Waals surface area contributed by atoms with Gasteiger partial charge in [0.2, 0.25) is 0 Å². The SMILES string of the molecule is COCOCc1cc(B(O)O)cc(-c2ccc3c(c2)C(C)(C)CCC3(C)C)c1. The Labute approximate surface area is 168 Å². The molecule has 150 valence electrons. The van der Waals surface area contributed by atoms with Crippen LogP contribution in [0.25, 0.3) is 11.1 Å². The van der Waals surface area contributed by atoms with Crippen LogP contribution in [-0.2, 0) is 26.9 Å². The first-order valence-corrected chi connectivity index (χ1v) is 9.86. The van der Waals surface area contributed by atoms with Crippen LogP contribution in [0.4, 0.5) is 0 Å². The van der Waals surface area contributed by atoms with Crippen molar-refractivity contribution in [3.63, 3.8) is 0 Å². The Balaban J connectivity index is 2.06. The molecule has 0 radical (unpaired) electrons. The quantitative estimate of drug-likeness (QED) is 0.456. The molecule has 1 aliphatic carbocycles. The fraction of sp³-hybridized carbons (Fsp3) is 0.478. The zero-order valence-electron chi connectivity index (χ0n) is 17.6. The highest BCUT2D eigenvalue weighted by Crippen LogP contribution is 2.46. The maximum Gasteiger partial charge on any atom is 0.488 e. The number of rotatable bonds is 6. The predicted molar refractivity (Wildman–Crippen MR) is 114 cm³/mol. The van der Waals surface area contributed by atoms with Gasteiger partial charge in [-0.15, -0.1) is 0 Å². The third kappa shape index (κ3) is 4.33. The smallest absolute Gasteiger partial charge is 0.423 e. The monoisotopic (exact) mass is 382 g/mol. The molecule has 2 N–H and O–H groups in total. The number of ether oxygens (including phenoxy) is 2. The molecule has 0 unspecified atom stereocenters. The molecule has 0 aromatic heterocycles. The van der Waals surface area contributed by atoms with Crippen molar-refractivity contribution in [1.82, 2.24) is 0 Å². The minimum Gasteiger partial charge on any atom is -0.423 e. The molecule has 0 spiro atoms. The Hall–Kier alpha value is -1.66. The van der Waals surface area contributed by atoms with Gasteiger partial charge in [-0.25, -0.2) is 0 Å². The molecule has 0 saturated heterocycles.